The molecule has 0 amide bonds. The molecule has 1 aliphatic heterocycles. The van der Waals surface area contributed by atoms with Gasteiger partial charge in [-0.25, -0.2) is 8.42 Å². The zero-order valence-corrected chi connectivity index (χ0v) is 15.1. The van der Waals surface area contributed by atoms with Crippen molar-refractivity contribution in [1.29, 1.82) is 0 Å². The normalized spacial score (nSPS) is 16.9. The van der Waals surface area contributed by atoms with E-state index in [1.165, 1.54) is 4.31 Å². The van der Waals surface area contributed by atoms with Gasteiger partial charge in [0.25, 0.3) is 6.01 Å². The number of sulfonamides is 1. The number of halogens is 3. The summed E-state index contributed by atoms with van der Waals surface area (Å²) in [4.78, 5) is 5.99. The van der Waals surface area contributed by atoms with E-state index in [-0.39, 0.29) is 18.0 Å². The smallest absolute Gasteiger partial charge is 0.416 e. The van der Waals surface area contributed by atoms with Crippen LogP contribution in [0.3, 0.4) is 0 Å². The van der Waals surface area contributed by atoms with E-state index >= 15 is 0 Å². The Morgan fingerprint density at radius 2 is 1.62 bits per heavy atom. The molecule has 2 heterocycles. The maximum Gasteiger partial charge on any atom is 0.416 e. The molecule has 1 aliphatic rings. The number of benzene rings is 1. The monoisotopic (exact) mass is 389 g/mol. The van der Waals surface area contributed by atoms with Crippen molar-refractivity contribution >= 4 is 16.0 Å². The van der Waals surface area contributed by atoms with Crippen LogP contribution in [-0.2, 0) is 16.2 Å². The van der Waals surface area contributed by atoms with Crippen molar-refractivity contribution in [2.45, 2.75) is 24.9 Å². The largest absolute Gasteiger partial charge is 0.429 e. The van der Waals surface area contributed by atoms with Crippen LogP contribution in [0.4, 0.5) is 19.2 Å². The number of nitrogens with zero attached hydrogens (tertiary/aromatic N) is 3. The minimum atomic E-state index is -4.50. The van der Waals surface area contributed by atoms with Crippen LogP contribution in [-0.4, -0.2) is 43.9 Å². The maximum atomic E-state index is 12.6. The van der Waals surface area contributed by atoms with E-state index in [0.29, 0.717) is 24.9 Å². The standard InChI is InChI=1S/C16H18F3N3O3S/c1-11-12(2)25-15(20-11)21-7-9-22(10-8-21)26(23,24)14-5-3-13(4-6-14)16(17,18)19/h3-6H,7-10H2,1-2H3. The summed E-state index contributed by atoms with van der Waals surface area (Å²) in [7, 11) is -3.84. The Labute approximate surface area is 149 Å². The number of hydrogen-bond acceptors (Lipinski definition) is 5. The zero-order valence-electron chi connectivity index (χ0n) is 14.2. The molecular formula is C16H18F3N3O3S. The summed E-state index contributed by atoms with van der Waals surface area (Å²) < 4.78 is 70.0. The summed E-state index contributed by atoms with van der Waals surface area (Å²) in [6, 6.07) is 3.99. The molecule has 10 heteroatoms. The molecule has 0 bridgehead atoms. The van der Waals surface area contributed by atoms with Crippen molar-refractivity contribution in [3.63, 3.8) is 0 Å². The van der Waals surface area contributed by atoms with Gasteiger partial charge in [0.2, 0.25) is 10.0 Å². The van der Waals surface area contributed by atoms with E-state index in [4.69, 9.17) is 4.42 Å². The highest BCUT2D eigenvalue weighted by atomic mass is 32.2. The predicted octanol–water partition coefficient (Wildman–Crippen LogP) is 2.82. The Morgan fingerprint density at radius 1 is 1.04 bits per heavy atom. The summed E-state index contributed by atoms with van der Waals surface area (Å²) in [5, 5.41) is 0. The lowest BCUT2D eigenvalue weighted by Gasteiger charge is -2.33. The topological polar surface area (TPSA) is 66.7 Å². The van der Waals surface area contributed by atoms with Gasteiger partial charge in [0, 0.05) is 26.2 Å². The molecule has 1 aromatic carbocycles. The van der Waals surface area contributed by atoms with E-state index in [9.17, 15) is 21.6 Å². The summed E-state index contributed by atoms with van der Waals surface area (Å²) >= 11 is 0. The van der Waals surface area contributed by atoms with Crippen molar-refractivity contribution < 1.29 is 26.0 Å². The lowest BCUT2D eigenvalue weighted by Crippen LogP contribution is -2.48. The fourth-order valence-electron chi connectivity index (χ4n) is 2.68. The van der Waals surface area contributed by atoms with E-state index in [1.54, 1.807) is 6.92 Å². The summed E-state index contributed by atoms with van der Waals surface area (Å²) in [5.41, 5.74) is -0.101. The van der Waals surface area contributed by atoms with E-state index < -0.39 is 21.8 Å². The number of piperazine rings is 1. The van der Waals surface area contributed by atoms with Crippen LogP contribution in [0.25, 0.3) is 0 Å². The fourth-order valence-corrected chi connectivity index (χ4v) is 4.10. The van der Waals surface area contributed by atoms with Gasteiger partial charge in [0.15, 0.2) is 0 Å². The first-order valence-electron chi connectivity index (χ1n) is 7.95. The van der Waals surface area contributed by atoms with Crippen LogP contribution < -0.4 is 4.90 Å². The summed E-state index contributed by atoms with van der Waals surface area (Å²) in [6.07, 6.45) is -4.50. The van der Waals surface area contributed by atoms with Crippen molar-refractivity contribution in [2.75, 3.05) is 31.1 Å². The maximum absolute atomic E-state index is 12.6. The quantitative estimate of drug-likeness (QED) is 0.808. The number of aromatic nitrogens is 1. The highest BCUT2D eigenvalue weighted by Gasteiger charge is 2.33. The van der Waals surface area contributed by atoms with Gasteiger partial charge in [-0.15, -0.1) is 0 Å². The molecule has 0 unspecified atom stereocenters. The predicted molar refractivity (Wildman–Crippen MR) is 88.4 cm³/mol. The second-order valence-electron chi connectivity index (χ2n) is 6.05. The third kappa shape index (κ3) is 3.56. The van der Waals surface area contributed by atoms with Crippen molar-refractivity contribution in [3.8, 4) is 0 Å². The Balaban J connectivity index is 1.71. The Morgan fingerprint density at radius 3 is 2.08 bits per heavy atom. The van der Waals surface area contributed by atoms with Crippen LogP contribution in [0, 0.1) is 13.8 Å². The number of hydrogen-bond donors (Lipinski definition) is 0. The Kier molecular flexibility index (Phi) is 4.74. The molecule has 3 rings (SSSR count). The van der Waals surface area contributed by atoms with E-state index in [2.05, 4.69) is 4.98 Å². The number of alkyl halides is 3. The lowest BCUT2D eigenvalue weighted by atomic mass is 10.2. The molecule has 0 saturated carbocycles. The molecule has 26 heavy (non-hydrogen) atoms. The third-order valence-electron chi connectivity index (χ3n) is 4.35. The van der Waals surface area contributed by atoms with Gasteiger partial charge >= 0.3 is 6.18 Å². The molecule has 1 saturated heterocycles. The number of rotatable bonds is 3. The number of oxazole rings is 1. The van der Waals surface area contributed by atoms with Crippen LogP contribution in [0.2, 0.25) is 0 Å². The molecule has 0 N–H and O–H groups in total. The van der Waals surface area contributed by atoms with Crippen LogP contribution in [0.1, 0.15) is 17.0 Å². The molecule has 0 radical (unpaired) electrons. The molecule has 1 aromatic heterocycles. The van der Waals surface area contributed by atoms with Gasteiger partial charge in [-0.1, -0.05) is 0 Å². The van der Waals surface area contributed by atoms with Gasteiger partial charge in [-0.05, 0) is 38.1 Å². The molecular weight excluding hydrogens is 371 g/mol. The first-order valence-corrected chi connectivity index (χ1v) is 9.39. The summed E-state index contributed by atoms with van der Waals surface area (Å²) in [6.45, 7) is 4.80. The minimum Gasteiger partial charge on any atom is -0.429 e. The zero-order chi connectivity index (χ0) is 19.1. The third-order valence-corrected chi connectivity index (χ3v) is 6.26. The fraction of sp³-hybridized carbons (Fsp3) is 0.438. The first-order chi connectivity index (χ1) is 12.1. The number of anilines is 1. The molecule has 0 atom stereocenters. The molecule has 0 aliphatic carbocycles. The first kappa shape index (κ1) is 18.7. The van der Waals surface area contributed by atoms with E-state index in [0.717, 1.165) is 30.0 Å². The second-order valence-corrected chi connectivity index (χ2v) is 7.99. The van der Waals surface area contributed by atoms with Crippen molar-refractivity contribution in [3.05, 3.63) is 41.3 Å². The van der Waals surface area contributed by atoms with Gasteiger partial charge in [0.1, 0.15) is 5.76 Å². The highest BCUT2D eigenvalue weighted by Crippen LogP contribution is 2.30. The van der Waals surface area contributed by atoms with Gasteiger partial charge < -0.3 is 9.32 Å². The molecule has 6 nitrogen and oxygen atoms in total. The van der Waals surface area contributed by atoms with Crippen LogP contribution >= 0.6 is 0 Å². The van der Waals surface area contributed by atoms with Gasteiger partial charge in [-0.3, -0.25) is 0 Å². The molecule has 0 spiro atoms. The second kappa shape index (κ2) is 6.58. The average molecular weight is 389 g/mol. The van der Waals surface area contributed by atoms with Crippen LogP contribution in [0.15, 0.2) is 33.6 Å². The molecule has 2 aromatic rings. The van der Waals surface area contributed by atoms with Gasteiger partial charge in [-0.2, -0.15) is 22.5 Å². The molecule has 142 valence electrons. The van der Waals surface area contributed by atoms with Crippen molar-refractivity contribution in [2.24, 2.45) is 0 Å². The summed E-state index contributed by atoms with van der Waals surface area (Å²) in [5.74, 6) is 0.708. The Hall–Kier alpha value is -2.07. The number of aryl methyl sites for hydroxylation is 2. The van der Waals surface area contributed by atoms with Gasteiger partial charge in [0.05, 0.1) is 16.2 Å². The highest BCUT2D eigenvalue weighted by molar-refractivity contribution is 7.89. The van der Waals surface area contributed by atoms with E-state index in [1.807, 2.05) is 11.8 Å². The Bertz CT molecular complexity index is 864. The lowest BCUT2D eigenvalue weighted by molar-refractivity contribution is -0.137. The average Bonchev–Trinajstić information content (AvgIpc) is 2.93. The van der Waals surface area contributed by atoms with Crippen molar-refractivity contribution in [1.82, 2.24) is 9.29 Å². The minimum absolute atomic E-state index is 0.151. The molecule has 1 fully saturated rings. The van der Waals surface area contributed by atoms with Crippen LogP contribution in [0.5, 0.6) is 0 Å². The SMILES string of the molecule is Cc1nc(N2CCN(S(=O)(=O)c3ccc(C(F)(F)F)cc3)CC2)oc1C.